The van der Waals surface area contributed by atoms with Crippen LogP contribution in [0.4, 0.5) is 8.78 Å². The summed E-state index contributed by atoms with van der Waals surface area (Å²) in [6.07, 6.45) is 0. The topological polar surface area (TPSA) is 61.7 Å². The number of hydrogen-bond acceptors (Lipinski definition) is 3. The number of methoxy groups -OCH3 is 1. The molecule has 0 bridgehead atoms. The van der Waals surface area contributed by atoms with Crippen molar-refractivity contribution in [2.24, 2.45) is 0 Å². The van der Waals surface area contributed by atoms with Crippen LogP contribution < -0.4 is 4.74 Å². The first-order valence-electron chi connectivity index (χ1n) is 4.64. The number of benzene rings is 1. The van der Waals surface area contributed by atoms with Gasteiger partial charge in [0.2, 0.25) is 0 Å². The number of nitriles is 1. The molecule has 4 nitrogen and oxygen atoms in total. The van der Waals surface area contributed by atoms with Crippen LogP contribution in [0.3, 0.4) is 0 Å². The van der Waals surface area contributed by atoms with Crippen molar-refractivity contribution < 1.29 is 13.5 Å². The third-order valence-corrected chi connectivity index (χ3v) is 2.22. The normalized spacial score (nSPS) is 10.0. The van der Waals surface area contributed by atoms with E-state index >= 15 is 0 Å². The number of nitrogens with zero attached hydrogens (tertiary/aromatic N) is 2. The van der Waals surface area contributed by atoms with Crippen LogP contribution in [0, 0.1) is 23.0 Å². The molecule has 2 aromatic rings. The molecule has 0 unspecified atom stereocenters. The van der Waals surface area contributed by atoms with E-state index in [1.54, 1.807) is 6.07 Å². The fourth-order valence-corrected chi connectivity index (χ4v) is 1.41. The number of aromatic amines is 1. The van der Waals surface area contributed by atoms with Gasteiger partial charge in [0.25, 0.3) is 0 Å². The third-order valence-electron chi connectivity index (χ3n) is 2.22. The second-order valence-corrected chi connectivity index (χ2v) is 3.25. The zero-order chi connectivity index (χ0) is 12.4. The fraction of sp³-hybridized carbons (Fsp3) is 0.0909. The summed E-state index contributed by atoms with van der Waals surface area (Å²) in [6, 6.07) is 5.06. The maximum atomic E-state index is 13.6. The summed E-state index contributed by atoms with van der Waals surface area (Å²) in [5.74, 6) is -1.51. The average Bonchev–Trinajstić information content (AvgIpc) is 2.80. The zero-order valence-corrected chi connectivity index (χ0v) is 8.79. The van der Waals surface area contributed by atoms with E-state index in [1.807, 2.05) is 0 Å². The van der Waals surface area contributed by atoms with Crippen molar-refractivity contribution in [3.05, 3.63) is 35.5 Å². The molecule has 0 fully saturated rings. The van der Waals surface area contributed by atoms with Gasteiger partial charge >= 0.3 is 0 Å². The van der Waals surface area contributed by atoms with E-state index in [1.165, 1.54) is 13.2 Å². The van der Waals surface area contributed by atoms with E-state index in [0.717, 1.165) is 12.1 Å². The fourth-order valence-electron chi connectivity index (χ4n) is 1.41. The average molecular weight is 235 g/mol. The lowest BCUT2D eigenvalue weighted by Crippen LogP contribution is -1.93. The minimum absolute atomic E-state index is 0.00250. The van der Waals surface area contributed by atoms with E-state index in [9.17, 15) is 8.78 Å². The van der Waals surface area contributed by atoms with Gasteiger partial charge in [0.15, 0.2) is 17.3 Å². The second kappa shape index (κ2) is 4.22. The number of aromatic nitrogens is 2. The molecule has 0 aliphatic carbocycles. The van der Waals surface area contributed by atoms with E-state index < -0.39 is 11.6 Å². The molecule has 1 heterocycles. The predicted octanol–water partition coefficient (Wildman–Crippen LogP) is 2.24. The maximum Gasteiger partial charge on any atom is 0.165 e. The number of nitrogens with one attached hydrogen (secondary N) is 1. The molecular formula is C11H7F2N3O. The molecule has 1 N–H and O–H groups in total. The number of hydrogen-bond donors (Lipinski definition) is 1. The van der Waals surface area contributed by atoms with Crippen LogP contribution in [0.15, 0.2) is 18.2 Å². The molecule has 1 aromatic carbocycles. The molecule has 1 aromatic heterocycles. The standard InChI is InChI=1S/C11H7F2N3O/c1-17-11-4-8(12)7(3-9(11)13)10-2-6(5-14)15-16-10/h2-4H,1H3,(H,15,16). The zero-order valence-electron chi connectivity index (χ0n) is 8.79. The number of halogens is 2. The highest BCUT2D eigenvalue weighted by atomic mass is 19.1. The molecular weight excluding hydrogens is 228 g/mol. The Kier molecular flexibility index (Phi) is 2.75. The summed E-state index contributed by atoms with van der Waals surface area (Å²) >= 11 is 0. The van der Waals surface area contributed by atoms with Gasteiger partial charge in [-0.3, -0.25) is 5.10 Å². The number of rotatable bonds is 2. The Hall–Kier alpha value is -2.42. The van der Waals surface area contributed by atoms with Crippen LogP contribution in [-0.4, -0.2) is 17.3 Å². The lowest BCUT2D eigenvalue weighted by Gasteiger charge is -2.05. The van der Waals surface area contributed by atoms with Gasteiger partial charge in [-0.05, 0) is 6.07 Å². The molecule has 17 heavy (non-hydrogen) atoms. The Morgan fingerprint density at radius 1 is 1.29 bits per heavy atom. The SMILES string of the molecule is COc1cc(F)c(-c2cc(C#N)n[nH]2)cc1F. The van der Waals surface area contributed by atoms with Crippen LogP contribution in [-0.2, 0) is 0 Å². The Balaban J connectivity index is 2.53. The van der Waals surface area contributed by atoms with Gasteiger partial charge in [0.1, 0.15) is 11.9 Å². The van der Waals surface area contributed by atoms with E-state index in [4.69, 9.17) is 5.26 Å². The second-order valence-electron chi connectivity index (χ2n) is 3.25. The van der Waals surface area contributed by atoms with Crippen molar-refractivity contribution in [1.82, 2.24) is 10.2 Å². The molecule has 86 valence electrons. The maximum absolute atomic E-state index is 13.6. The highest BCUT2D eigenvalue weighted by Gasteiger charge is 2.13. The molecule has 0 spiro atoms. The number of H-pyrrole nitrogens is 1. The summed E-state index contributed by atoms with van der Waals surface area (Å²) in [7, 11) is 1.25. The van der Waals surface area contributed by atoms with Crippen LogP contribution in [0.5, 0.6) is 5.75 Å². The van der Waals surface area contributed by atoms with Crippen molar-refractivity contribution in [2.45, 2.75) is 0 Å². The Bertz CT molecular complexity index is 601. The summed E-state index contributed by atoms with van der Waals surface area (Å²) in [5, 5.41) is 14.7. The predicted molar refractivity (Wildman–Crippen MR) is 55.2 cm³/mol. The van der Waals surface area contributed by atoms with Gasteiger partial charge < -0.3 is 4.74 Å². The lowest BCUT2D eigenvalue weighted by atomic mass is 10.1. The van der Waals surface area contributed by atoms with Gasteiger partial charge in [-0.1, -0.05) is 0 Å². The van der Waals surface area contributed by atoms with Crippen molar-refractivity contribution in [1.29, 1.82) is 5.26 Å². The summed E-state index contributed by atoms with van der Waals surface area (Å²) in [4.78, 5) is 0. The minimum Gasteiger partial charge on any atom is -0.494 e. The Morgan fingerprint density at radius 2 is 2.06 bits per heavy atom. The first kappa shape index (κ1) is 11.1. The van der Waals surface area contributed by atoms with Crippen molar-refractivity contribution in [3.8, 4) is 23.1 Å². The number of ether oxygens (including phenoxy) is 1. The summed E-state index contributed by atoms with van der Waals surface area (Å²) in [5.41, 5.74) is 0.341. The van der Waals surface area contributed by atoms with Crippen LogP contribution >= 0.6 is 0 Å². The molecule has 2 rings (SSSR count). The van der Waals surface area contributed by atoms with E-state index in [2.05, 4.69) is 14.9 Å². The summed E-state index contributed by atoms with van der Waals surface area (Å²) < 4.78 is 31.7. The van der Waals surface area contributed by atoms with E-state index in [0.29, 0.717) is 0 Å². The molecule has 0 radical (unpaired) electrons. The van der Waals surface area contributed by atoms with Crippen molar-refractivity contribution in [2.75, 3.05) is 7.11 Å². The van der Waals surface area contributed by atoms with E-state index in [-0.39, 0.29) is 22.7 Å². The van der Waals surface area contributed by atoms with Gasteiger partial charge in [-0.15, -0.1) is 0 Å². The molecule has 0 atom stereocenters. The first-order valence-corrected chi connectivity index (χ1v) is 4.64. The molecule has 0 saturated heterocycles. The van der Waals surface area contributed by atoms with Crippen molar-refractivity contribution in [3.63, 3.8) is 0 Å². The molecule has 6 heteroatoms. The highest BCUT2D eigenvalue weighted by Crippen LogP contribution is 2.27. The van der Waals surface area contributed by atoms with Gasteiger partial charge in [0, 0.05) is 17.7 Å². The minimum atomic E-state index is -0.683. The van der Waals surface area contributed by atoms with Crippen LogP contribution in [0.25, 0.3) is 11.3 Å². The highest BCUT2D eigenvalue weighted by molar-refractivity contribution is 5.62. The smallest absolute Gasteiger partial charge is 0.165 e. The summed E-state index contributed by atoms with van der Waals surface area (Å²) in [6.45, 7) is 0. The van der Waals surface area contributed by atoms with Crippen molar-refractivity contribution >= 4 is 0 Å². The quantitative estimate of drug-likeness (QED) is 0.868. The van der Waals surface area contributed by atoms with Gasteiger partial charge in [-0.25, -0.2) is 8.78 Å². The van der Waals surface area contributed by atoms with Gasteiger partial charge in [-0.2, -0.15) is 10.4 Å². The van der Waals surface area contributed by atoms with Gasteiger partial charge in [0.05, 0.1) is 12.8 Å². The lowest BCUT2D eigenvalue weighted by molar-refractivity contribution is 0.383. The van der Waals surface area contributed by atoms with Crippen LogP contribution in [0.2, 0.25) is 0 Å². The largest absolute Gasteiger partial charge is 0.494 e. The Morgan fingerprint density at radius 3 is 2.65 bits per heavy atom. The first-order chi connectivity index (χ1) is 8.15. The molecule has 0 aliphatic rings. The monoisotopic (exact) mass is 235 g/mol. The molecule has 0 aliphatic heterocycles. The Labute approximate surface area is 95.5 Å². The van der Waals surface area contributed by atoms with Crippen LogP contribution in [0.1, 0.15) is 5.69 Å². The molecule has 0 saturated carbocycles. The third kappa shape index (κ3) is 1.95. The molecule has 0 amide bonds.